The molecule has 0 spiro atoms. The maximum absolute atomic E-state index is 4.30. The van der Waals surface area contributed by atoms with E-state index in [0.29, 0.717) is 0 Å². The molecule has 1 aliphatic carbocycles. The van der Waals surface area contributed by atoms with Gasteiger partial charge in [-0.25, -0.2) is 4.98 Å². The van der Waals surface area contributed by atoms with Crippen molar-refractivity contribution < 1.29 is 0 Å². The number of hydrogen-bond donors (Lipinski definition) is 1. The van der Waals surface area contributed by atoms with Crippen molar-refractivity contribution >= 4 is 11.8 Å². The molecule has 2 unspecified atom stereocenters. The Kier molecular flexibility index (Phi) is 5.94. The smallest absolute Gasteiger partial charge is 0.114 e. The van der Waals surface area contributed by atoms with Crippen LogP contribution >= 0.6 is 11.8 Å². The molecule has 0 aliphatic heterocycles. The van der Waals surface area contributed by atoms with Crippen molar-refractivity contribution in [3.8, 4) is 0 Å². The van der Waals surface area contributed by atoms with Gasteiger partial charge in [0, 0.05) is 18.4 Å². The van der Waals surface area contributed by atoms with Crippen molar-refractivity contribution in [3.63, 3.8) is 0 Å². The van der Waals surface area contributed by atoms with Gasteiger partial charge in [0.25, 0.3) is 0 Å². The highest BCUT2D eigenvalue weighted by molar-refractivity contribution is 7.99. The molecule has 1 aromatic rings. The molecule has 0 aromatic carbocycles. The molecule has 2 atom stereocenters. The molecular weight excluding hydrogens is 242 g/mol. The Bertz CT molecular complexity index is 331. The fraction of sp³-hybridized carbons (Fsp3) is 0.714. The molecule has 1 aromatic heterocycles. The summed E-state index contributed by atoms with van der Waals surface area (Å²) in [5, 5.41) is 4.74. The predicted octanol–water partition coefficient (Wildman–Crippen LogP) is 3.13. The average Bonchev–Trinajstić information content (AvgIpc) is 2.85. The summed E-state index contributed by atoms with van der Waals surface area (Å²) in [7, 11) is 0. The molecule has 3 nitrogen and oxygen atoms in total. The van der Waals surface area contributed by atoms with Crippen LogP contribution in [0.4, 0.5) is 0 Å². The molecule has 1 N–H and O–H groups in total. The third-order valence-electron chi connectivity index (χ3n) is 3.59. The number of rotatable bonds is 7. The summed E-state index contributed by atoms with van der Waals surface area (Å²) in [4.78, 5) is 8.39. The zero-order valence-corrected chi connectivity index (χ0v) is 12.0. The molecule has 1 heterocycles. The Hall–Kier alpha value is -0.610. The molecule has 2 rings (SSSR count). The topological polar surface area (TPSA) is 37.8 Å². The fourth-order valence-electron chi connectivity index (χ4n) is 2.66. The summed E-state index contributed by atoms with van der Waals surface area (Å²) >= 11 is 1.83. The maximum Gasteiger partial charge on any atom is 0.114 e. The lowest BCUT2D eigenvalue weighted by Gasteiger charge is -2.20. The quantitative estimate of drug-likeness (QED) is 0.769. The zero-order valence-electron chi connectivity index (χ0n) is 11.1. The zero-order chi connectivity index (χ0) is 12.6. The molecule has 1 fully saturated rings. The molecular formula is C14H23N3S. The van der Waals surface area contributed by atoms with E-state index in [9.17, 15) is 0 Å². The number of hydrogen-bond acceptors (Lipinski definition) is 4. The van der Waals surface area contributed by atoms with Gasteiger partial charge in [0.1, 0.15) is 5.03 Å². The normalized spacial score (nSPS) is 23.4. The average molecular weight is 265 g/mol. The summed E-state index contributed by atoms with van der Waals surface area (Å²) in [5.41, 5.74) is 0. The van der Waals surface area contributed by atoms with Crippen LogP contribution in [0.1, 0.15) is 39.0 Å². The summed E-state index contributed by atoms with van der Waals surface area (Å²) in [5.74, 6) is 2.02. The minimum Gasteiger partial charge on any atom is -0.314 e. The lowest BCUT2D eigenvalue weighted by atomic mass is 10.0. The second-order valence-corrected chi connectivity index (χ2v) is 6.05. The van der Waals surface area contributed by atoms with Crippen molar-refractivity contribution in [1.29, 1.82) is 0 Å². The summed E-state index contributed by atoms with van der Waals surface area (Å²) in [6, 6.07) is 0.757. The highest BCUT2D eigenvalue weighted by Crippen LogP contribution is 2.30. The number of nitrogens with zero attached hydrogens (tertiary/aromatic N) is 2. The van der Waals surface area contributed by atoms with Gasteiger partial charge < -0.3 is 5.32 Å². The molecule has 0 amide bonds. The van der Waals surface area contributed by atoms with Crippen LogP contribution in [-0.2, 0) is 0 Å². The highest BCUT2D eigenvalue weighted by Gasteiger charge is 2.25. The summed E-state index contributed by atoms with van der Waals surface area (Å²) in [6.07, 6.45) is 12.0. The predicted molar refractivity (Wildman–Crippen MR) is 76.8 cm³/mol. The molecule has 1 aliphatic rings. The van der Waals surface area contributed by atoms with E-state index in [2.05, 4.69) is 22.2 Å². The number of thioether (sulfide) groups is 1. The van der Waals surface area contributed by atoms with E-state index in [1.165, 1.54) is 38.6 Å². The minimum atomic E-state index is 0.757. The lowest BCUT2D eigenvalue weighted by Crippen LogP contribution is -2.33. The van der Waals surface area contributed by atoms with Crippen LogP contribution in [0.5, 0.6) is 0 Å². The van der Waals surface area contributed by atoms with E-state index in [0.717, 1.165) is 22.7 Å². The fourth-order valence-corrected chi connectivity index (χ4v) is 3.56. The molecule has 100 valence electrons. The first-order valence-corrected chi connectivity index (χ1v) is 8.01. The SMILES string of the molecule is CCCNC1CCCC1CCSc1cnccn1. The van der Waals surface area contributed by atoms with Crippen molar-refractivity contribution in [1.82, 2.24) is 15.3 Å². The first-order chi connectivity index (χ1) is 8.90. The van der Waals surface area contributed by atoms with Gasteiger partial charge >= 0.3 is 0 Å². The maximum atomic E-state index is 4.30. The van der Waals surface area contributed by atoms with Gasteiger partial charge in [-0.3, -0.25) is 4.98 Å². The Labute approximate surface area is 114 Å². The molecule has 0 saturated heterocycles. The Morgan fingerprint density at radius 2 is 2.33 bits per heavy atom. The van der Waals surface area contributed by atoms with E-state index in [1.54, 1.807) is 12.4 Å². The molecule has 18 heavy (non-hydrogen) atoms. The van der Waals surface area contributed by atoms with Gasteiger partial charge in [0.05, 0.1) is 6.20 Å². The van der Waals surface area contributed by atoms with E-state index in [1.807, 2.05) is 18.0 Å². The first kappa shape index (κ1) is 13.8. The van der Waals surface area contributed by atoms with Gasteiger partial charge in [-0.05, 0) is 43.9 Å². The van der Waals surface area contributed by atoms with Crippen LogP contribution in [-0.4, -0.2) is 28.3 Å². The highest BCUT2D eigenvalue weighted by atomic mass is 32.2. The van der Waals surface area contributed by atoms with Crippen molar-refractivity contribution in [2.45, 2.75) is 50.1 Å². The second kappa shape index (κ2) is 7.74. The summed E-state index contributed by atoms with van der Waals surface area (Å²) < 4.78 is 0. The third kappa shape index (κ3) is 4.25. The minimum absolute atomic E-state index is 0.757. The van der Waals surface area contributed by atoms with Crippen molar-refractivity contribution in [2.24, 2.45) is 5.92 Å². The van der Waals surface area contributed by atoms with Crippen LogP contribution in [0, 0.1) is 5.92 Å². The summed E-state index contributed by atoms with van der Waals surface area (Å²) in [6.45, 7) is 3.40. The van der Waals surface area contributed by atoms with Crippen LogP contribution in [0.25, 0.3) is 0 Å². The first-order valence-electron chi connectivity index (χ1n) is 7.02. The monoisotopic (exact) mass is 265 g/mol. The van der Waals surface area contributed by atoms with Gasteiger partial charge in [0.15, 0.2) is 0 Å². The van der Waals surface area contributed by atoms with Gasteiger partial charge in [-0.2, -0.15) is 0 Å². The number of aromatic nitrogens is 2. The van der Waals surface area contributed by atoms with Gasteiger partial charge in [-0.15, -0.1) is 11.8 Å². The number of nitrogens with one attached hydrogen (secondary N) is 1. The third-order valence-corrected chi connectivity index (χ3v) is 4.54. The Morgan fingerprint density at radius 1 is 1.39 bits per heavy atom. The molecule has 0 bridgehead atoms. The van der Waals surface area contributed by atoms with Gasteiger partial charge in [0.2, 0.25) is 0 Å². The van der Waals surface area contributed by atoms with Crippen LogP contribution in [0.15, 0.2) is 23.6 Å². The van der Waals surface area contributed by atoms with Crippen molar-refractivity contribution in [3.05, 3.63) is 18.6 Å². The van der Waals surface area contributed by atoms with Gasteiger partial charge in [-0.1, -0.05) is 13.3 Å². The van der Waals surface area contributed by atoms with Crippen molar-refractivity contribution in [2.75, 3.05) is 12.3 Å². The van der Waals surface area contributed by atoms with Crippen LogP contribution in [0.3, 0.4) is 0 Å². The second-order valence-electron chi connectivity index (χ2n) is 4.93. The molecule has 1 saturated carbocycles. The van der Waals surface area contributed by atoms with E-state index >= 15 is 0 Å². The van der Waals surface area contributed by atoms with Crippen LogP contribution in [0.2, 0.25) is 0 Å². The van der Waals surface area contributed by atoms with Crippen LogP contribution < -0.4 is 5.32 Å². The standard InChI is InChI=1S/C14H23N3S/c1-2-7-16-13-5-3-4-12(13)6-10-18-14-11-15-8-9-17-14/h8-9,11-13,16H,2-7,10H2,1H3. The van der Waals surface area contributed by atoms with E-state index in [-0.39, 0.29) is 0 Å². The molecule has 0 radical (unpaired) electrons. The van der Waals surface area contributed by atoms with E-state index in [4.69, 9.17) is 0 Å². The lowest BCUT2D eigenvalue weighted by molar-refractivity contribution is 0.393. The van der Waals surface area contributed by atoms with E-state index < -0.39 is 0 Å². The largest absolute Gasteiger partial charge is 0.314 e. The Morgan fingerprint density at radius 3 is 3.11 bits per heavy atom. The molecule has 4 heteroatoms. The Balaban J connectivity index is 1.69.